The Morgan fingerprint density at radius 3 is 2.64 bits per heavy atom. The first-order valence-corrected chi connectivity index (χ1v) is 8.66. The third-order valence-electron chi connectivity index (χ3n) is 4.28. The Balaban J connectivity index is 1.53. The Morgan fingerprint density at radius 2 is 1.93 bits per heavy atom. The van der Waals surface area contributed by atoms with Gasteiger partial charge in [0.25, 0.3) is 5.91 Å². The van der Waals surface area contributed by atoms with E-state index in [4.69, 9.17) is 0 Å². The first kappa shape index (κ1) is 17.6. The summed E-state index contributed by atoms with van der Waals surface area (Å²) in [4.78, 5) is 28.6. The number of nitrogens with one attached hydrogen (secondary N) is 1. The molecule has 0 radical (unpaired) electrons. The van der Waals surface area contributed by atoms with Crippen LogP contribution in [-0.4, -0.2) is 27.1 Å². The van der Waals surface area contributed by atoms with Crippen molar-refractivity contribution < 1.29 is 14.0 Å². The third-order valence-corrected chi connectivity index (χ3v) is 4.28. The second kappa shape index (κ2) is 7.43. The van der Waals surface area contributed by atoms with Crippen molar-refractivity contribution in [3.63, 3.8) is 0 Å². The lowest BCUT2D eigenvalue weighted by Gasteiger charge is -2.23. The molecule has 1 aliphatic rings. The number of nitrogens with zero attached hydrogens (tertiary/aromatic N) is 4. The molecule has 28 heavy (non-hydrogen) atoms. The Hall–Kier alpha value is -3.81. The van der Waals surface area contributed by atoms with Gasteiger partial charge in [-0.3, -0.25) is 9.59 Å². The molecule has 0 unspecified atom stereocenters. The van der Waals surface area contributed by atoms with Crippen LogP contribution in [-0.2, 0) is 9.59 Å². The van der Waals surface area contributed by atoms with Gasteiger partial charge in [0.1, 0.15) is 11.5 Å². The number of benzene rings is 2. The molecule has 2 aromatic carbocycles. The van der Waals surface area contributed by atoms with Crippen molar-refractivity contribution in [2.75, 3.05) is 10.3 Å². The number of rotatable bonds is 4. The van der Waals surface area contributed by atoms with E-state index < -0.39 is 11.7 Å². The lowest BCUT2D eigenvalue weighted by molar-refractivity contribution is -0.118. The van der Waals surface area contributed by atoms with Crippen LogP contribution < -0.4 is 10.3 Å². The van der Waals surface area contributed by atoms with E-state index >= 15 is 0 Å². The van der Waals surface area contributed by atoms with Gasteiger partial charge in [0.2, 0.25) is 5.91 Å². The van der Waals surface area contributed by atoms with Crippen molar-refractivity contribution in [2.24, 2.45) is 5.10 Å². The van der Waals surface area contributed by atoms with Crippen LogP contribution >= 0.6 is 0 Å². The summed E-state index contributed by atoms with van der Waals surface area (Å²) in [5.41, 5.74) is 1.43. The highest BCUT2D eigenvalue weighted by Gasteiger charge is 2.25. The number of imidazole rings is 1. The van der Waals surface area contributed by atoms with Gasteiger partial charge >= 0.3 is 0 Å². The molecule has 3 aromatic rings. The van der Waals surface area contributed by atoms with E-state index in [9.17, 15) is 14.0 Å². The van der Waals surface area contributed by atoms with E-state index in [0.29, 0.717) is 17.1 Å². The lowest BCUT2D eigenvalue weighted by Crippen LogP contribution is -2.36. The normalized spacial score (nSPS) is 14.0. The molecule has 4 rings (SSSR count). The molecule has 0 fully saturated rings. The smallest absolute Gasteiger partial charge is 0.271 e. The van der Waals surface area contributed by atoms with Crippen molar-refractivity contribution in [1.29, 1.82) is 0 Å². The SMILES string of the molecule is O=C(Nc1ccc(-n2ccnc2)c(F)c1)C1=NN(c2ccccc2)C(=O)CC1. The van der Waals surface area contributed by atoms with Crippen LogP contribution in [0.4, 0.5) is 15.8 Å². The molecular formula is C20H16FN5O2. The number of hydrazone groups is 1. The minimum Gasteiger partial charge on any atom is -0.321 e. The zero-order valence-electron chi connectivity index (χ0n) is 14.7. The summed E-state index contributed by atoms with van der Waals surface area (Å²) in [5, 5.41) is 8.05. The molecule has 2 amide bonds. The molecular weight excluding hydrogens is 361 g/mol. The predicted molar refractivity (Wildman–Crippen MR) is 103 cm³/mol. The van der Waals surface area contributed by atoms with Crippen molar-refractivity contribution in [1.82, 2.24) is 9.55 Å². The van der Waals surface area contributed by atoms with Gasteiger partial charge < -0.3 is 9.88 Å². The molecule has 0 aliphatic carbocycles. The van der Waals surface area contributed by atoms with Gasteiger partial charge in [0, 0.05) is 30.9 Å². The standard InChI is InChI=1S/C20H16FN5O2/c21-16-12-14(6-8-18(16)25-11-10-22-13-25)23-20(28)17-7-9-19(27)26(24-17)15-4-2-1-3-5-15/h1-6,8,10-13H,7,9H2,(H,23,28). The quantitative estimate of drug-likeness (QED) is 0.759. The summed E-state index contributed by atoms with van der Waals surface area (Å²) >= 11 is 0. The van der Waals surface area contributed by atoms with Crippen molar-refractivity contribution in [3.8, 4) is 5.69 Å². The van der Waals surface area contributed by atoms with Gasteiger partial charge in [0.15, 0.2) is 0 Å². The Morgan fingerprint density at radius 1 is 1.11 bits per heavy atom. The monoisotopic (exact) mass is 377 g/mol. The summed E-state index contributed by atoms with van der Waals surface area (Å²) in [6.07, 6.45) is 5.07. The summed E-state index contributed by atoms with van der Waals surface area (Å²) in [7, 11) is 0. The molecule has 2 heterocycles. The maximum Gasteiger partial charge on any atom is 0.271 e. The zero-order chi connectivity index (χ0) is 19.5. The van der Waals surface area contributed by atoms with Crippen LogP contribution in [0.5, 0.6) is 0 Å². The van der Waals surface area contributed by atoms with Gasteiger partial charge in [-0.2, -0.15) is 5.10 Å². The number of hydrogen-bond acceptors (Lipinski definition) is 4. The van der Waals surface area contributed by atoms with E-state index in [-0.39, 0.29) is 24.5 Å². The summed E-state index contributed by atoms with van der Waals surface area (Å²) in [5.74, 6) is -1.15. The fraction of sp³-hybridized carbons (Fsp3) is 0.100. The Kier molecular flexibility index (Phi) is 4.67. The number of carbonyl (C=O) groups excluding carboxylic acids is 2. The maximum atomic E-state index is 14.4. The van der Waals surface area contributed by atoms with Crippen LogP contribution in [0.15, 0.2) is 72.4 Å². The highest BCUT2D eigenvalue weighted by molar-refractivity contribution is 6.44. The molecule has 0 atom stereocenters. The van der Waals surface area contributed by atoms with Crippen molar-refractivity contribution in [2.45, 2.75) is 12.8 Å². The molecule has 8 heteroatoms. The van der Waals surface area contributed by atoms with E-state index in [1.807, 2.05) is 6.07 Å². The minimum atomic E-state index is -0.498. The number of hydrogen-bond donors (Lipinski definition) is 1. The number of para-hydroxylation sites is 1. The van der Waals surface area contributed by atoms with Crippen LogP contribution in [0.1, 0.15) is 12.8 Å². The molecule has 1 aromatic heterocycles. The number of aromatic nitrogens is 2. The first-order chi connectivity index (χ1) is 13.6. The van der Waals surface area contributed by atoms with Crippen molar-refractivity contribution >= 4 is 28.9 Å². The second-order valence-corrected chi connectivity index (χ2v) is 6.18. The maximum absolute atomic E-state index is 14.4. The average Bonchev–Trinajstić information content (AvgIpc) is 3.23. The van der Waals surface area contributed by atoms with Crippen molar-refractivity contribution in [3.05, 3.63) is 73.1 Å². The number of halogens is 1. The van der Waals surface area contributed by atoms with E-state index in [0.717, 1.165) is 0 Å². The highest BCUT2D eigenvalue weighted by Crippen LogP contribution is 2.21. The van der Waals surface area contributed by atoms with Gasteiger partial charge in [0.05, 0.1) is 17.7 Å². The molecule has 1 aliphatic heterocycles. The van der Waals surface area contributed by atoms with E-state index in [1.54, 1.807) is 48.8 Å². The largest absolute Gasteiger partial charge is 0.321 e. The van der Waals surface area contributed by atoms with Gasteiger partial charge in [-0.25, -0.2) is 14.4 Å². The Bertz CT molecular complexity index is 1050. The molecule has 1 N–H and O–H groups in total. The molecule has 0 bridgehead atoms. The summed E-state index contributed by atoms with van der Waals surface area (Å²) < 4.78 is 15.9. The molecule has 7 nitrogen and oxygen atoms in total. The van der Waals surface area contributed by atoms with Crippen LogP contribution in [0.3, 0.4) is 0 Å². The molecule has 0 spiro atoms. The summed E-state index contributed by atoms with van der Waals surface area (Å²) in [6, 6.07) is 13.3. The van der Waals surface area contributed by atoms with Gasteiger partial charge in [-0.1, -0.05) is 18.2 Å². The van der Waals surface area contributed by atoms with Crippen LogP contribution in [0.2, 0.25) is 0 Å². The molecule has 0 saturated heterocycles. The van der Waals surface area contributed by atoms with Gasteiger partial charge in [-0.05, 0) is 30.3 Å². The van der Waals surface area contributed by atoms with E-state index in [2.05, 4.69) is 15.4 Å². The lowest BCUT2D eigenvalue weighted by atomic mass is 10.1. The number of carbonyl (C=O) groups is 2. The summed E-state index contributed by atoms with van der Waals surface area (Å²) in [6.45, 7) is 0. The second-order valence-electron chi connectivity index (χ2n) is 6.18. The number of anilines is 2. The van der Waals surface area contributed by atoms with Crippen LogP contribution in [0.25, 0.3) is 5.69 Å². The molecule has 140 valence electrons. The average molecular weight is 377 g/mol. The van der Waals surface area contributed by atoms with Gasteiger partial charge in [-0.15, -0.1) is 0 Å². The predicted octanol–water partition coefficient (Wildman–Crippen LogP) is 3.13. The molecule has 0 saturated carbocycles. The first-order valence-electron chi connectivity index (χ1n) is 8.66. The Labute approximate surface area is 160 Å². The fourth-order valence-electron chi connectivity index (χ4n) is 2.89. The van der Waals surface area contributed by atoms with Crippen LogP contribution in [0, 0.1) is 5.82 Å². The van der Waals surface area contributed by atoms with E-state index in [1.165, 1.54) is 22.0 Å². The highest BCUT2D eigenvalue weighted by atomic mass is 19.1. The topological polar surface area (TPSA) is 79.6 Å². The zero-order valence-corrected chi connectivity index (χ0v) is 14.7. The third kappa shape index (κ3) is 3.52. The minimum absolute atomic E-state index is 0.176. The number of amides is 2. The fourth-order valence-corrected chi connectivity index (χ4v) is 2.89.